The van der Waals surface area contributed by atoms with Crippen molar-refractivity contribution in [3.8, 4) is 17.2 Å². The van der Waals surface area contributed by atoms with Gasteiger partial charge in [-0.25, -0.2) is 0 Å². The average molecular weight is 522 g/mol. The second kappa shape index (κ2) is 11.2. The highest BCUT2D eigenvalue weighted by molar-refractivity contribution is 7.97. The Kier molecular flexibility index (Phi) is 8.49. The van der Waals surface area contributed by atoms with E-state index in [1.54, 1.807) is 0 Å². The zero-order chi connectivity index (χ0) is 27.6. The van der Waals surface area contributed by atoms with E-state index >= 15 is 0 Å². The van der Waals surface area contributed by atoms with Crippen molar-refractivity contribution in [1.82, 2.24) is 0 Å². The molecule has 37 heavy (non-hydrogen) atoms. The number of aryl methyl sites for hydroxylation is 6. The molecule has 0 fully saturated rings. The van der Waals surface area contributed by atoms with Crippen LogP contribution < -0.4 is 14.2 Å². The molecule has 0 aliphatic heterocycles. The Morgan fingerprint density at radius 2 is 0.649 bits per heavy atom. The lowest BCUT2D eigenvalue weighted by Crippen LogP contribution is -2.11. The normalized spacial score (nSPS) is 10.9. The number of rotatable bonds is 6. The van der Waals surface area contributed by atoms with Gasteiger partial charge < -0.3 is 14.2 Å². The van der Waals surface area contributed by atoms with Crippen molar-refractivity contribution in [2.75, 3.05) is 0 Å². The van der Waals surface area contributed by atoms with Crippen molar-refractivity contribution < 1.29 is 28.6 Å². The predicted molar refractivity (Wildman–Crippen MR) is 144 cm³/mol. The largest absolute Gasteiger partial charge is 0.426 e. The highest BCUT2D eigenvalue weighted by Crippen LogP contribution is 2.40. The summed E-state index contributed by atoms with van der Waals surface area (Å²) in [5, 5.41) is 0. The Morgan fingerprint density at radius 3 is 0.811 bits per heavy atom. The Bertz CT molecular complexity index is 1170. The predicted octanol–water partition coefficient (Wildman–Crippen LogP) is 6.41. The Balaban J connectivity index is 2.28. The van der Waals surface area contributed by atoms with Gasteiger partial charge in [0.25, 0.3) is 0 Å². The summed E-state index contributed by atoms with van der Waals surface area (Å²) in [4.78, 5) is 38.1. The topological polar surface area (TPSA) is 78.9 Å². The Morgan fingerprint density at radius 1 is 0.459 bits per heavy atom. The number of ether oxygens (including phenoxy) is 3. The number of hydrogen-bond donors (Lipinski definition) is 0. The fourth-order valence-corrected chi connectivity index (χ4v) is 6.99. The third-order valence-corrected chi connectivity index (χ3v) is 7.87. The van der Waals surface area contributed by atoms with Gasteiger partial charge in [0.1, 0.15) is 17.2 Å². The van der Waals surface area contributed by atoms with Crippen molar-refractivity contribution >= 4 is 28.8 Å². The summed E-state index contributed by atoms with van der Waals surface area (Å²) >= 11 is 0. The van der Waals surface area contributed by atoms with Crippen LogP contribution in [-0.2, 0) is 25.3 Å². The first-order chi connectivity index (χ1) is 17.3. The molecule has 6 nitrogen and oxygen atoms in total. The van der Waals surface area contributed by atoms with E-state index in [0.717, 1.165) is 48.1 Å². The molecule has 0 saturated carbocycles. The number of benzene rings is 3. The molecule has 0 bridgehead atoms. The maximum absolute atomic E-state index is 11.7. The van der Waals surface area contributed by atoms with Crippen LogP contribution in [0.25, 0.3) is 0 Å². The van der Waals surface area contributed by atoms with Gasteiger partial charge in [-0.15, -0.1) is 0 Å². The first-order valence-corrected chi connectivity index (χ1v) is 13.1. The van der Waals surface area contributed by atoms with Gasteiger partial charge in [-0.1, -0.05) is 0 Å². The summed E-state index contributed by atoms with van der Waals surface area (Å²) in [6.07, 6.45) is 0. The zero-order valence-corrected chi connectivity index (χ0v) is 23.6. The summed E-state index contributed by atoms with van der Waals surface area (Å²) < 4.78 is 16.4. The second-order valence-electron chi connectivity index (χ2n) is 9.25. The van der Waals surface area contributed by atoms with Crippen molar-refractivity contribution in [2.45, 2.75) is 77.0 Å². The maximum Gasteiger partial charge on any atom is 0.308 e. The van der Waals surface area contributed by atoms with Crippen LogP contribution in [0.15, 0.2) is 51.1 Å². The van der Waals surface area contributed by atoms with E-state index in [1.165, 1.54) is 20.8 Å². The van der Waals surface area contributed by atoms with Crippen LogP contribution in [0.3, 0.4) is 0 Å². The summed E-state index contributed by atoms with van der Waals surface area (Å²) in [7, 11) is -0.561. The minimum absolute atomic E-state index is 0.363. The van der Waals surface area contributed by atoms with E-state index < -0.39 is 10.9 Å². The van der Waals surface area contributed by atoms with Gasteiger partial charge in [0.15, 0.2) is 14.7 Å². The van der Waals surface area contributed by atoms with Crippen LogP contribution in [0.1, 0.15) is 54.2 Å². The van der Waals surface area contributed by atoms with Crippen LogP contribution in [0, 0.1) is 41.5 Å². The summed E-state index contributed by atoms with van der Waals surface area (Å²) in [6.45, 7) is 15.7. The maximum atomic E-state index is 11.7. The molecule has 3 aromatic carbocycles. The lowest BCUT2D eigenvalue weighted by molar-refractivity contribution is -0.132. The number of esters is 3. The zero-order valence-electron chi connectivity index (χ0n) is 22.8. The third-order valence-electron chi connectivity index (χ3n) is 5.75. The molecule has 0 unspecified atom stereocenters. The van der Waals surface area contributed by atoms with Gasteiger partial charge in [-0.05, 0) is 74.9 Å². The highest BCUT2D eigenvalue weighted by Gasteiger charge is 2.33. The first kappa shape index (κ1) is 28.0. The molecule has 0 amide bonds. The van der Waals surface area contributed by atoms with E-state index in [2.05, 4.69) is 0 Å². The van der Waals surface area contributed by atoms with Gasteiger partial charge in [0, 0.05) is 57.2 Å². The van der Waals surface area contributed by atoms with Crippen molar-refractivity contribution in [1.29, 1.82) is 0 Å². The van der Waals surface area contributed by atoms with Gasteiger partial charge >= 0.3 is 17.9 Å². The third kappa shape index (κ3) is 6.41. The molecule has 0 atom stereocenters. The molecule has 0 aliphatic carbocycles. The molecule has 0 saturated heterocycles. The minimum Gasteiger partial charge on any atom is -0.426 e. The number of carbonyl (C=O) groups is 3. The lowest BCUT2D eigenvalue weighted by atomic mass is 10.1. The van der Waals surface area contributed by atoms with E-state index in [4.69, 9.17) is 14.2 Å². The second-order valence-corrected chi connectivity index (χ2v) is 11.3. The molecule has 0 N–H and O–H groups in total. The molecule has 0 heterocycles. The monoisotopic (exact) mass is 521 g/mol. The minimum atomic E-state index is -0.561. The smallest absolute Gasteiger partial charge is 0.308 e. The molecule has 3 aromatic rings. The molecule has 0 radical (unpaired) electrons. The average Bonchev–Trinajstić information content (AvgIpc) is 2.76. The summed E-state index contributed by atoms with van der Waals surface area (Å²) in [5.41, 5.74) is 5.15. The van der Waals surface area contributed by atoms with Gasteiger partial charge in [-0.3, -0.25) is 14.4 Å². The molecule has 0 aromatic heterocycles. The fraction of sp³-hybridized carbons (Fsp3) is 0.300. The van der Waals surface area contributed by atoms with Crippen molar-refractivity contribution in [3.05, 3.63) is 69.8 Å². The lowest BCUT2D eigenvalue weighted by Gasteiger charge is -2.17. The Hall–Kier alpha value is -3.58. The first-order valence-electron chi connectivity index (χ1n) is 11.9. The van der Waals surface area contributed by atoms with Gasteiger partial charge in [-0.2, -0.15) is 0 Å². The molecular weight excluding hydrogens is 488 g/mol. The van der Waals surface area contributed by atoms with Crippen molar-refractivity contribution in [2.24, 2.45) is 0 Å². The molecule has 0 spiro atoms. The van der Waals surface area contributed by atoms with E-state index in [9.17, 15) is 14.4 Å². The van der Waals surface area contributed by atoms with Crippen LogP contribution in [-0.4, -0.2) is 17.9 Å². The van der Waals surface area contributed by atoms with Gasteiger partial charge in [0.2, 0.25) is 0 Å². The summed E-state index contributed by atoms with van der Waals surface area (Å²) in [6, 6.07) is 12.3. The van der Waals surface area contributed by atoms with E-state index in [0.29, 0.717) is 17.2 Å². The molecule has 3 rings (SSSR count). The van der Waals surface area contributed by atoms with Gasteiger partial charge in [0.05, 0.1) is 10.9 Å². The number of carbonyl (C=O) groups excluding carboxylic acids is 3. The highest BCUT2D eigenvalue weighted by atomic mass is 32.2. The standard InChI is InChI=1S/C30H33O6S/c1-16-10-25(11-17(2)28(16)34-22(7)31)37(26-12-18(3)29(19(4)13-26)35-23(8)32)27-14-20(5)30(21(6)15-27)36-24(9)33/h10-15H,1-9H3/q+1. The van der Waals surface area contributed by atoms with Crippen molar-refractivity contribution in [3.63, 3.8) is 0 Å². The number of hydrogen-bond acceptors (Lipinski definition) is 6. The molecule has 0 aliphatic rings. The van der Waals surface area contributed by atoms with Crippen LogP contribution in [0.4, 0.5) is 0 Å². The Labute approximate surface area is 221 Å². The van der Waals surface area contributed by atoms with E-state index in [1.807, 2.05) is 77.9 Å². The van der Waals surface area contributed by atoms with Crippen LogP contribution in [0.5, 0.6) is 17.2 Å². The molecule has 7 heteroatoms. The summed E-state index contributed by atoms with van der Waals surface area (Å²) in [5.74, 6) is 0.604. The fourth-order valence-electron chi connectivity index (χ4n) is 4.41. The van der Waals surface area contributed by atoms with E-state index in [-0.39, 0.29) is 17.9 Å². The molecule has 194 valence electrons. The SMILES string of the molecule is CC(=O)Oc1c(C)cc([S+](c2cc(C)c(OC(C)=O)c(C)c2)c2cc(C)c(OC(C)=O)c(C)c2)cc1C. The van der Waals surface area contributed by atoms with Crippen LogP contribution >= 0.6 is 0 Å². The molecular formula is C30H33O6S+. The van der Waals surface area contributed by atoms with Crippen LogP contribution in [0.2, 0.25) is 0 Å². The quantitative estimate of drug-likeness (QED) is 0.212.